The number of benzene rings is 2. The molecule has 2 aromatic carbocycles. The van der Waals surface area contributed by atoms with E-state index in [0.29, 0.717) is 19.6 Å². The number of pyridine rings is 1. The summed E-state index contributed by atoms with van der Waals surface area (Å²) in [6, 6.07) is 21.3. The SMILES string of the molecule is CCNC(=NCc1ccc(Cn2ccccc2=O)cc1)NCc1ccccc1OC.I. The van der Waals surface area contributed by atoms with Crippen molar-refractivity contribution in [3.8, 4) is 5.75 Å². The Labute approximate surface area is 200 Å². The second-order valence-corrected chi connectivity index (χ2v) is 6.84. The lowest BCUT2D eigenvalue weighted by Gasteiger charge is -2.13. The van der Waals surface area contributed by atoms with E-state index in [4.69, 9.17) is 4.74 Å². The molecule has 0 atom stereocenters. The molecule has 0 saturated carbocycles. The van der Waals surface area contributed by atoms with Gasteiger partial charge in [0.15, 0.2) is 5.96 Å². The average molecular weight is 532 g/mol. The zero-order chi connectivity index (χ0) is 21.2. The van der Waals surface area contributed by atoms with Crippen molar-refractivity contribution < 1.29 is 4.74 Å². The molecule has 0 aliphatic carbocycles. The van der Waals surface area contributed by atoms with Crippen LogP contribution in [0.2, 0.25) is 0 Å². The number of nitrogens with zero attached hydrogens (tertiary/aromatic N) is 2. The molecule has 0 fully saturated rings. The lowest BCUT2D eigenvalue weighted by molar-refractivity contribution is 0.409. The van der Waals surface area contributed by atoms with Crippen LogP contribution in [0.3, 0.4) is 0 Å². The highest BCUT2D eigenvalue weighted by Crippen LogP contribution is 2.16. The first kappa shape index (κ1) is 24.5. The minimum Gasteiger partial charge on any atom is -0.496 e. The third-order valence-corrected chi connectivity index (χ3v) is 4.68. The minimum atomic E-state index is 0. The fourth-order valence-corrected chi connectivity index (χ4v) is 3.08. The van der Waals surface area contributed by atoms with Gasteiger partial charge in [0.2, 0.25) is 0 Å². The molecule has 6 nitrogen and oxygen atoms in total. The monoisotopic (exact) mass is 532 g/mol. The number of nitrogens with one attached hydrogen (secondary N) is 2. The molecule has 3 rings (SSSR count). The molecule has 0 unspecified atom stereocenters. The first-order valence-electron chi connectivity index (χ1n) is 10.1. The summed E-state index contributed by atoms with van der Waals surface area (Å²) in [5.74, 6) is 1.61. The first-order chi connectivity index (χ1) is 14.7. The standard InChI is InChI=1S/C24H28N4O2.HI/c1-3-25-24(27-17-21-8-4-5-9-22(21)30-2)26-16-19-11-13-20(14-12-19)18-28-15-7-6-10-23(28)29;/h4-15H,3,16-18H2,1-2H3,(H2,25,26,27);1H. The highest BCUT2D eigenvalue weighted by Gasteiger charge is 2.04. The van der Waals surface area contributed by atoms with Crippen molar-refractivity contribution in [3.05, 3.63) is 100.0 Å². The number of halogens is 1. The number of guanidine groups is 1. The highest BCUT2D eigenvalue weighted by atomic mass is 127. The summed E-state index contributed by atoms with van der Waals surface area (Å²) >= 11 is 0. The van der Waals surface area contributed by atoms with Crippen LogP contribution in [0.4, 0.5) is 0 Å². The third-order valence-electron chi connectivity index (χ3n) is 4.68. The lowest BCUT2D eigenvalue weighted by Crippen LogP contribution is -2.36. The molecule has 0 spiro atoms. The Morgan fingerprint density at radius 2 is 1.68 bits per heavy atom. The second-order valence-electron chi connectivity index (χ2n) is 6.84. The predicted molar refractivity (Wildman–Crippen MR) is 136 cm³/mol. The number of aromatic nitrogens is 1. The Hall–Kier alpha value is -2.81. The Morgan fingerprint density at radius 1 is 0.968 bits per heavy atom. The third kappa shape index (κ3) is 7.43. The number of rotatable bonds is 8. The molecule has 1 heterocycles. The molecular formula is C24H29IN4O2. The molecule has 0 aliphatic rings. The van der Waals surface area contributed by atoms with Crippen LogP contribution in [0.25, 0.3) is 0 Å². The maximum atomic E-state index is 11.9. The van der Waals surface area contributed by atoms with E-state index in [0.717, 1.165) is 34.9 Å². The van der Waals surface area contributed by atoms with E-state index >= 15 is 0 Å². The van der Waals surface area contributed by atoms with Crippen molar-refractivity contribution in [3.63, 3.8) is 0 Å². The maximum absolute atomic E-state index is 11.9. The molecule has 1 aromatic heterocycles. The van der Waals surface area contributed by atoms with Crippen LogP contribution >= 0.6 is 24.0 Å². The molecule has 0 radical (unpaired) electrons. The van der Waals surface area contributed by atoms with Gasteiger partial charge < -0.3 is 19.9 Å². The zero-order valence-corrected chi connectivity index (χ0v) is 20.2. The van der Waals surface area contributed by atoms with Crippen LogP contribution in [-0.4, -0.2) is 24.2 Å². The van der Waals surface area contributed by atoms with Crippen molar-refractivity contribution in [1.29, 1.82) is 0 Å². The van der Waals surface area contributed by atoms with E-state index in [1.807, 2.05) is 49.4 Å². The van der Waals surface area contributed by atoms with E-state index in [1.165, 1.54) is 0 Å². The minimum absolute atomic E-state index is 0. The van der Waals surface area contributed by atoms with Crippen LogP contribution in [0.5, 0.6) is 5.75 Å². The van der Waals surface area contributed by atoms with Gasteiger partial charge >= 0.3 is 0 Å². The molecule has 0 amide bonds. The normalized spacial score (nSPS) is 10.8. The largest absolute Gasteiger partial charge is 0.496 e. The van der Waals surface area contributed by atoms with Gasteiger partial charge in [-0.2, -0.15) is 0 Å². The van der Waals surface area contributed by atoms with Gasteiger partial charge in [0.1, 0.15) is 5.75 Å². The number of ether oxygens (including phenoxy) is 1. The van der Waals surface area contributed by atoms with E-state index < -0.39 is 0 Å². The quantitative estimate of drug-likeness (QED) is 0.263. The fraction of sp³-hybridized carbons (Fsp3) is 0.250. The van der Waals surface area contributed by atoms with Crippen LogP contribution in [0, 0.1) is 0 Å². The van der Waals surface area contributed by atoms with Gasteiger partial charge in [0.25, 0.3) is 5.56 Å². The lowest BCUT2D eigenvalue weighted by atomic mass is 10.1. The summed E-state index contributed by atoms with van der Waals surface area (Å²) in [5, 5.41) is 6.62. The van der Waals surface area contributed by atoms with Crippen molar-refractivity contribution in [1.82, 2.24) is 15.2 Å². The van der Waals surface area contributed by atoms with Crippen LogP contribution in [0.15, 0.2) is 82.7 Å². The van der Waals surface area contributed by atoms with Gasteiger partial charge in [-0.3, -0.25) is 4.79 Å². The predicted octanol–water partition coefficient (Wildman–Crippen LogP) is 3.78. The topological polar surface area (TPSA) is 67.7 Å². The summed E-state index contributed by atoms with van der Waals surface area (Å²) in [6.45, 7) is 4.57. The number of hydrogen-bond donors (Lipinski definition) is 2. The number of para-hydroxylation sites is 1. The molecule has 164 valence electrons. The summed E-state index contributed by atoms with van der Waals surface area (Å²) < 4.78 is 7.10. The Morgan fingerprint density at radius 3 is 2.39 bits per heavy atom. The van der Waals surface area contributed by atoms with E-state index in [9.17, 15) is 4.79 Å². The van der Waals surface area contributed by atoms with Gasteiger partial charge in [0, 0.05) is 30.9 Å². The zero-order valence-electron chi connectivity index (χ0n) is 17.9. The molecule has 0 aliphatic heterocycles. The molecule has 2 N–H and O–H groups in total. The Bertz CT molecular complexity index is 1030. The van der Waals surface area contributed by atoms with E-state index in [-0.39, 0.29) is 29.5 Å². The van der Waals surface area contributed by atoms with Gasteiger partial charge in [-0.1, -0.05) is 48.5 Å². The highest BCUT2D eigenvalue weighted by molar-refractivity contribution is 14.0. The Balaban J connectivity index is 0.00000341. The van der Waals surface area contributed by atoms with Crippen molar-refractivity contribution in [2.24, 2.45) is 4.99 Å². The molecule has 31 heavy (non-hydrogen) atoms. The summed E-state index contributed by atoms with van der Waals surface area (Å²) in [7, 11) is 1.68. The van der Waals surface area contributed by atoms with Gasteiger partial charge in [0.05, 0.1) is 20.2 Å². The summed E-state index contributed by atoms with van der Waals surface area (Å²) in [6.07, 6.45) is 1.80. The van der Waals surface area contributed by atoms with Gasteiger partial charge in [-0.25, -0.2) is 4.99 Å². The van der Waals surface area contributed by atoms with Crippen molar-refractivity contribution in [2.75, 3.05) is 13.7 Å². The fourth-order valence-electron chi connectivity index (χ4n) is 3.08. The van der Waals surface area contributed by atoms with Crippen LogP contribution < -0.4 is 20.9 Å². The van der Waals surface area contributed by atoms with Crippen LogP contribution in [-0.2, 0) is 19.6 Å². The van der Waals surface area contributed by atoms with Gasteiger partial charge in [-0.05, 0) is 30.2 Å². The first-order valence-corrected chi connectivity index (χ1v) is 10.1. The van der Waals surface area contributed by atoms with Crippen molar-refractivity contribution >= 4 is 29.9 Å². The average Bonchev–Trinajstić information content (AvgIpc) is 2.78. The smallest absolute Gasteiger partial charge is 0.250 e. The van der Waals surface area contributed by atoms with Gasteiger partial charge in [-0.15, -0.1) is 24.0 Å². The van der Waals surface area contributed by atoms with Crippen LogP contribution in [0.1, 0.15) is 23.6 Å². The molecule has 0 bridgehead atoms. The van der Waals surface area contributed by atoms with Crippen molar-refractivity contribution in [2.45, 2.75) is 26.6 Å². The Kier molecular flexibility index (Phi) is 10.1. The molecule has 0 saturated heterocycles. The van der Waals surface area contributed by atoms with E-state index in [1.54, 1.807) is 30.0 Å². The number of aliphatic imine (C=N–C) groups is 1. The molecule has 3 aromatic rings. The summed E-state index contributed by atoms with van der Waals surface area (Å²) in [5.41, 5.74) is 3.26. The molecule has 7 heteroatoms. The molecular weight excluding hydrogens is 503 g/mol. The number of methoxy groups -OCH3 is 1. The summed E-state index contributed by atoms with van der Waals surface area (Å²) in [4.78, 5) is 16.5. The second kappa shape index (κ2) is 12.8. The number of hydrogen-bond acceptors (Lipinski definition) is 3. The maximum Gasteiger partial charge on any atom is 0.250 e. The van der Waals surface area contributed by atoms with E-state index in [2.05, 4.69) is 27.8 Å².